The molecule has 0 aliphatic heterocycles. The van der Waals surface area contributed by atoms with Crippen LogP contribution in [0.5, 0.6) is 0 Å². The second-order valence-corrected chi connectivity index (χ2v) is 14.3. The van der Waals surface area contributed by atoms with Crippen LogP contribution in [-0.2, 0) is 24.4 Å². The Hall–Kier alpha value is -7.29. The average Bonchev–Trinajstić information content (AvgIpc) is 3.91. The lowest BCUT2D eigenvalue weighted by Crippen LogP contribution is -2.11. The van der Waals surface area contributed by atoms with Crippen LogP contribution in [0.4, 0.5) is 13.2 Å². The zero-order valence-electron chi connectivity index (χ0n) is 33.9. The maximum Gasteiger partial charge on any atom is 0.339 e. The second-order valence-electron chi connectivity index (χ2n) is 14.3. The van der Waals surface area contributed by atoms with Crippen molar-refractivity contribution in [2.24, 2.45) is 5.73 Å². The summed E-state index contributed by atoms with van der Waals surface area (Å²) >= 11 is 0. The molecule has 1 amide bonds. The number of carboxylic acid groups (broad SMARTS) is 1. The molecule has 0 aliphatic carbocycles. The van der Waals surface area contributed by atoms with Gasteiger partial charge in [0.1, 0.15) is 16.9 Å². The number of halogens is 3. The zero-order chi connectivity index (χ0) is 43.8. The van der Waals surface area contributed by atoms with Gasteiger partial charge < -0.3 is 29.3 Å². The highest BCUT2D eigenvalue weighted by Gasteiger charge is 2.17. The third-order valence-electron chi connectivity index (χ3n) is 10.4. The Balaban J connectivity index is 0.000000140. The van der Waals surface area contributed by atoms with Gasteiger partial charge in [0.2, 0.25) is 5.91 Å². The third kappa shape index (κ3) is 8.64. The van der Waals surface area contributed by atoms with E-state index in [0.717, 1.165) is 60.2 Å². The molecule has 62 heavy (non-hydrogen) atoms. The number of aryl methyl sites for hydroxylation is 3. The number of amides is 1. The first kappa shape index (κ1) is 42.8. The van der Waals surface area contributed by atoms with Crippen LogP contribution in [0.2, 0.25) is 0 Å². The molecule has 3 aromatic carbocycles. The number of rotatable bonds is 13. The molecule has 0 atom stereocenters. The number of aromatic nitrogens is 6. The van der Waals surface area contributed by atoms with Crippen molar-refractivity contribution in [2.45, 2.75) is 45.8 Å². The second kappa shape index (κ2) is 19.4. The Morgan fingerprint density at radius 1 is 0.565 bits per heavy atom. The highest BCUT2D eigenvalue weighted by Crippen LogP contribution is 2.31. The van der Waals surface area contributed by atoms with Crippen molar-refractivity contribution in [1.82, 2.24) is 28.7 Å². The lowest BCUT2D eigenvalue weighted by molar-refractivity contribution is 0.0525. The van der Waals surface area contributed by atoms with Crippen molar-refractivity contribution >= 4 is 83.7 Å². The minimum atomic E-state index is -1.00. The first-order valence-electron chi connectivity index (χ1n) is 20.2. The molecule has 6 aromatic heterocycles. The van der Waals surface area contributed by atoms with Crippen LogP contribution in [0.1, 0.15) is 57.3 Å². The Bertz CT molecular complexity index is 2930. The minimum absolute atomic E-state index is 0.158. The highest BCUT2D eigenvalue weighted by molar-refractivity contribution is 6.10. The Morgan fingerprint density at radius 3 is 1.29 bits per heavy atom. The standard InChI is InChI=1S/C17H17FN2O2.C15H14FN3O.C15H13FN2O2/c1-2-22-17(21)12-10-14-13-6-3-4-7-15(13)20(9-5-8-18)16(14)19-11-12;16-6-3-7-19-13-5-2-1-4-11(13)12-8-10(14(17)20)9-18-15(12)19;16-6-3-7-18-13-5-2-1-4-11(13)12-8-10(15(19)20)9-17-14(12)18/h3-4,6-7,10-11H,2,5,8-9H2,1H3;1-2,4-5,8-9H,3,6-7H2,(H2,17,20);1-2,4-5,8-9H,3,6-7H2,(H,19,20). The van der Waals surface area contributed by atoms with E-state index in [1.54, 1.807) is 25.1 Å². The van der Waals surface area contributed by atoms with E-state index in [4.69, 9.17) is 15.6 Å². The number of aromatic carboxylic acids is 1. The van der Waals surface area contributed by atoms with Gasteiger partial charge in [0, 0.05) is 70.5 Å². The third-order valence-corrected chi connectivity index (χ3v) is 10.4. The fraction of sp³-hybridized carbons (Fsp3) is 0.234. The number of alkyl halides is 3. The van der Waals surface area contributed by atoms with Crippen LogP contribution in [0.25, 0.3) is 65.8 Å². The summed E-state index contributed by atoms with van der Waals surface area (Å²) in [4.78, 5) is 47.2. The average molecular weight is 844 g/mol. The molecular weight excluding hydrogens is 800 g/mol. The van der Waals surface area contributed by atoms with Gasteiger partial charge in [-0.1, -0.05) is 54.6 Å². The Kier molecular flexibility index (Phi) is 13.4. The number of fused-ring (bicyclic) bond motifs is 9. The highest BCUT2D eigenvalue weighted by atomic mass is 19.1. The van der Waals surface area contributed by atoms with E-state index in [2.05, 4.69) is 15.0 Å². The predicted molar refractivity (Wildman–Crippen MR) is 235 cm³/mol. The van der Waals surface area contributed by atoms with E-state index in [1.165, 1.54) is 18.6 Å². The number of carbonyl (C=O) groups excluding carboxylic acids is 2. The van der Waals surface area contributed by atoms with E-state index >= 15 is 0 Å². The first-order chi connectivity index (χ1) is 30.2. The number of hydrogen-bond donors (Lipinski definition) is 2. The number of benzene rings is 3. The van der Waals surface area contributed by atoms with E-state index in [0.29, 0.717) is 62.3 Å². The normalized spacial score (nSPS) is 11.2. The van der Waals surface area contributed by atoms with Crippen molar-refractivity contribution in [3.05, 3.63) is 126 Å². The van der Waals surface area contributed by atoms with Gasteiger partial charge in [0.05, 0.1) is 59.9 Å². The van der Waals surface area contributed by atoms with Gasteiger partial charge >= 0.3 is 11.9 Å². The van der Waals surface area contributed by atoms with Crippen LogP contribution in [0.3, 0.4) is 0 Å². The summed E-state index contributed by atoms with van der Waals surface area (Å²) in [5.41, 5.74) is 11.4. The fourth-order valence-corrected chi connectivity index (χ4v) is 7.68. The monoisotopic (exact) mass is 843 g/mol. The van der Waals surface area contributed by atoms with Crippen LogP contribution in [0.15, 0.2) is 110 Å². The SMILES string of the molecule is CCOC(=O)c1cnc2c(c1)c1ccccc1n2CCCF.NC(=O)c1cnc2c(c1)c1ccccc1n2CCCF.O=C(O)c1cnc2c(c1)c1ccccc1n2CCCF. The number of nitrogens with zero attached hydrogens (tertiary/aromatic N) is 6. The van der Waals surface area contributed by atoms with Gasteiger partial charge in [-0.3, -0.25) is 18.0 Å². The number of hydrogen-bond acceptors (Lipinski definition) is 7. The molecule has 318 valence electrons. The smallest absolute Gasteiger partial charge is 0.339 e. The molecule has 0 saturated heterocycles. The number of ether oxygens (including phenoxy) is 1. The van der Waals surface area contributed by atoms with Gasteiger partial charge in [0.15, 0.2) is 0 Å². The van der Waals surface area contributed by atoms with Gasteiger partial charge in [-0.15, -0.1) is 0 Å². The molecular formula is C47H44F3N7O5. The molecule has 0 radical (unpaired) electrons. The summed E-state index contributed by atoms with van der Waals surface area (Å²) in [6, 6.07) is 28.5. The summed E-state index contributed by atoms with van der Waals surface area (Å²) < 4.78 is 48.4. The van der Waals surface area contributed by atoms with E-state index in [1.807, 2.05) is 86.5 Å². The molecule has 0 fully saturated rings. The van der Waals surface area contributed by atoms with Crippen LogP contribution in [-0.4, -0.2) is 78.2 Å². The first-order valence-corrected chi connectivity index (χ1v) is 20.2. The molecule has 0 unspecified atom stereocenters. The van der Waals surface area contributed by atoms with Gasteiger partial charge in [-0.2, -0.15) is 0 Å². The maximum atomic E-state index is 12.5. The predicted octanol–water partition coefficient (Wildman–Crippen LogP) is 9.62. The molecule has 0 bridgehead atoms. The molecule has 9 aromatic rings. The van der Waals surface area contributed by atoms with Gasteiger partial charge in [-0.05, 0) is 62.6 Å². The number of pyridine rings is 3. The van der Waals surface area contributed by atoms with E-state index in [9.17, 15) is 27.6 Å². The summed E-state index contributed by atoms with van der Waals surface area (Å²) in [7, 11) is 0. The topological polar surface area (TPSA) is 160 Å². The van der Waals surface area contributed by atoms with Crippen molar-refractivity contribution < 1.29 is 37.4 Å². The number of carbonyl (C=O) groups is 3. The van der Waals surface area contributed by atoms with E-state index < -0.39 is 11.9 Å². The summed E-state index contributed by atoms with van der Waals surface area (Å²) in [6.07, 6.45) is 5.62. The van der Waals surface area contributed by atoms with Crippen molar-refractivity contribution in [2.75, 3.05) is 26.6 Å². The Morgan fingerprint density at radius 2 is 0.919 bits per heavy atom. The number of para-hydroxylation sites is 3. The quantitative estimate of drug-likeness (QED) is 0.109. The van der Waals surface area contributed by atoms with Crippen molar-refractivity contribution in [3.63, 3.8) is 0 Å². The van der Waals surface area contributed by atoms with Crippen molar-refractivity contribution in [3.8, 4) is 0 Å². The lowest BCUT2D eigenvalue weighted by atomic mass is 10.1. The van der Waals surface area contributed by atoms with Crippen LogP contribution < -0.4 is 5.73 Å². The van der Waals surface area contributed by atoms with Gasteiger partial charge in [-0.25, -0.2) is 24.5 Å². The van der Waals surface area contributed by atoms with E-state index in [-0.39, 0.29) is 31.6 Å². The summed E-state index contributed by atoms with van der Waals surface area (Å²) in [5.74, 6) is -1.88. The zero-order valence-corrected chi connectivity index (χ0v) is 33.9. The minimum Gasteiger partial charge on any atom is -0.478 e. The number of carboxylic acids is 1. The lowest BCUT2D eigenvalue weighted by Gasteiger charge is -2.05. The van der Waals surface area contributed by atoms with Gasteiger partial charge in [0.25, 0.3) is 0 Å². The summed E-state index contributed by atoms with van der Waals surface area (Å²) in [6.45, 7) is 2.63. The molecule has 3 N–H and O–H groups in total. The largest absolute Gasteiger partial charge is 0.478 e. The van der Waals surface area contributed by atoms with Crippen molar-refractivity contribution in [1.29, 1.82) is 0 Å². The summed E-state index contributed by atoms with van der Waals surface area (Å²) in [5, 5.41) is 14.6. The molecule has 12 nitrogen and oxygen atoms in total. The molecule has 0 saturated carbocycles. The maximum absolute atomic E-state index is 12.5. The number of esters is 1. The Labute approximate surface area is 353 Å². The molecule has 0 aliphatic rings. The molecule has 6 heterocycles. The molecule has 0 spiro atoms. The number of nitrogens with two attached hydrogens (primary N) is 1. The fourth-order valence-electron chi connectivity index (χ4n) is 7.68. The molecule has 15 heteroatoms. The molecule has 9 rings (SSSR count). The van der Waals surface area contributed by atoms with Crippen LogP contribution >= 0.6 is 0 Å². The number of primary amides is 1. The van der Waals surface area contributed by atoms with Crippen LogP contribution in [0, 0.1) is 0 Å².